The summed E-state index contributed by atoms with van der Waals surface area (Å²) in [7, 11) is -1.57. The standard InChI is InChI=1S/C15H31N3O2S/c1-4-10-16-12-15-7-5-6-11-18(15)21(19,20)17(3)13(2)14-8-9-14/h13-16H,4-12H2,1-3H3. The summed E-state index contributed by atoms with van der Waals surface area (Å²) >= 11 is 0. The summed E-state index contributed by atoms with van der Waals surface area (Å²) in [5.41, 5.74) is 0. The van der Waals surface area contributed by atoms with E-state index in [-0.39, 0.29) is 12.1 Å². The van der Waals surface area contributed by atoms with Gasteiger partial charge in [-0.2, -0.15) is 17.0 Å². The SMILES string of the molecule is CCCNCC1CCCCN1S(=O)(=O)N(C)C(C)C1CC1. The van der Waals surface area contributed by atoms with Crippen LogP contribution in [-0.2, 0) is 10.2 Å². The Bertz CT molecular complexity index is 423. The number of hydrogen-bond donors (Lipinski definition) is 1. The van der Waals surface area contributed by atoms with Gasteiger partial charge in [0.25, 0.3) is 10.2 Å². The van der Waals surface area contributed by atoms with E-state index in [9.17, 15) is 8.42 Å². The summed E-state index contributed by atoms with van der Waals surface area (Å²) < 4.78 is 29.2. The topological polar surface area (TPSA) is 52.7 Å². The second kappa shape index (κ2) is 7.40. The van der Waals surface area contributed by atoms with E-state index in [1.165, 1.54) is 12.8 Å². The Morgan fingerprint density at radius 3 is 2.62 bits per heavy atom. The number of piperidine rings is 1. The smallest absolute Gasteiger partial charge is 0.282 e. The largest absolute Gasteiger partial charge is 0.315 e. The second-order valence-electron chi connectivity index (χ2n) is 6.57. The summed E-state index contributed by atoms with van der Waals surface area (Å²) in [5.74, 6) is 0.561. The van der Waals surface area contributed by atoms with Gasteiger partial charge in [0.05, 0.1) is 0 Å². The molecule has 0 aromatic carbocycles. The van der Waals surface area contributed by atoms with Gasteiger partial charge in [0.15, 0.2) is 0 Å². The lowest BCUT2D eigenvalue weighted by atomic mass is 10.1. The molecule has 1 saturated heterocycles. The Hall–Kier alpha value is -0.170. The van der Waals surface area contributed by atoms with E-state index in [0.29, 0.717) is 12.5 Å². The first-order valence-electron chi connectivity index (χ1n) is 8.44. The van der Waals surface area contributed by atoms with Crippen molar-refractivity contribution in [3.8, 4) is 0 Å². The highest BCUT2D eigenvalue weighted by Gasteiger charge is 2.40. The van der Waals surface area contributed by atoms with Gasteiger partial charge < -0.3 is 5.32 Å². The summed E-state index contributed by atoms with van der Waals surface area (Å²) in [6.07, 6.45) is 6.51. The monoisotopic (exact) mass is 317 g/mol. The molecular formula is C15H31N3O2S. The molecule has 6 heteroatoms. The van der Waals surface area contributed by atoms with Crippen LogP contribution in [0.5, 0.6) is 0 Å². The highest BCUT2D eigenvalue weighted by Crippen LogP contribution is 2.36. The maximum absolute atomic E-state index is 12.9. The fraction of sp³-hybridized carbons (Fsp3) is 1.00. The second-order valence-corrected chi connectivity index (χ2v) is 8.51. The highest BCUT2D eigenvalue weighted by molar-refractivity contribution is 7.86. The van der Waals surface area contributed by atoms with Crippen molar-refractivity contribution in [1.29, 1.82) is 0 Å². The van der Waals surface area contributed by atoms with Gasteiger partial charge >= 0.3 is 0 Å². The van der Waals surface area contributed by atoms with E-state index in [2.05, 4.69) is 12.2 Å². The number of nitrogens with one attached hydrogen (secondary N) is 1. The van der Waals surface area contributed by atoms with Crippen LogP contribution in [0, 0.1) is 5.92 Å². The zero-order valence-corrected chi connectivity index (χ0v) is 14.5. The molecule has 21 heavy (non-hydrogen) atoms. The van der Waals surface area contributed by atoms with Crippen molar-refractivity contribution in [2.75, 3.05) is 26.7 Å². The molecule has 1 saturated carbocycles. The molecule has 2 aliphatic rings. The van der Waals surface area contributed by atoms with E-state index in [1.54, 1.807) is 15.7 Å². The average molecular weight is 317 g/mol. The van der Waals surface area contributed by atoms with Crippen LogP contribution >= 0.6 is 0 Å². The van der Waals surface area contributed by atoms with Gasteiger partial charge in [-0.05, 0) is 51.5 Å². The molecular weight excluding hydrogens is 286 g/mol. The molecule has 1 aliphatic heterocycles. The molecule has 0 bridgehead atoms. The predicted molar refractivity (Wildman–Crippen MR) is 86.4 cm³/mol. The molecule has 124 valence electrons. The molecule has 0 amide bonds. The van der Waals surface area contributed by atoms with Crippen molar-refractivity contribution in [2.24, 2.45) is 5.92 Å². The third-order valence-corrected chi connectivity index (χ3v) is 7.05. The third kappa shape index (κ3) is 4.18. The fourth-order valence-electron chi connectivity index (χ4n) is 3.18. The van der Waals surface area contributed by atoms with Crippen molar-refractivity contribution in [1.82, 2.24) is 13.9 Å². The highest BCUT2D eigenvalue weighted by atomic mass is 32.2. The first-order valence-corrected chi connectivity index (χ1v) is 9.83. The lowest BCUT2D eigenvalue weighted by Gasteiger charge is -2.38. The van der Waals surface area contributed by atoms with Crippen molar-refractivity contribution in [2.45, 2.75) is 64.5 Å². The van der Waals surface area contributed by atoms with Gasteiger partial charge in [-0.25, -0.2) is 0 Å². The van der Waals surface area contributed by atoms with Crippen LogP contribution in [0.2, 0.25) is 0 Å². The van der Waals surface area contributed by atoms with Gasteiger partial charge in [-0.1, -0.05) is 13.3 Å². The maximum atomic E-state index is 12.9. The Kier molecular flexibility index (Phi) is 6.05. The zero-order chi connectivity index (χ0) is 15.5. The fourth-order valence-corrected chi connectivity index (χ4v) is 5.02. The van der Waals surface area contributed by atoms with Crippen LogP contribution in [0.15, 0.2) is 0 Å². The van der Waals surface area contributed by atoms with Gasteiger partial charge in [-0.3, -0.25) is 0 Å². The molecule has 1 aliphatic carbocycles. The maximum Gasteiger partial charge on any atom is 0.282 e. The molecule has 2 rings (SSSR count). The summed E-state index contributed by atoms with van der Waals surface area (Å²) in [6, 6.07) is 0.241. The van der Waals surface area contributed by atoms with Gasteiger partial charge in [-0.15, -0.1) is 0 Å². The number of rotatable bonds is 8. The molecule has 5 nitrogen and oxygen atoms in total. The number of nitrogens with zero attached hydrogens (tertiary/aromatic N) is 2. The van der Waals surface area contributed by atoms with E-state index in [4.69, 9.17) is 0 Å². The zero-order valence-electron chi connectivity index (χ0n) is 13.7. The molecule has 2 unspecified atom stereocenters. The van der Waals surface area contributed by atoms with Gasteiger partial charge in [0, 0.05) is 32.2 Å². The first-order chi connectivity index (χ1) is 9.98. The molecule has 1 heterocycles. The van der Waals surface area contributed by atoms with Crippen molar-refractivity contribution >= 4 is 10.2 Å². The van der Waals surface area contributed by atoms with E-state index < -0.39 is 10.2 Å². The van der Waals surface area contributed by atoms with Crippen molar-refractivity contribution in [3.63, 3.8) is 0 Å². The van der Waals surface area contributed by atoms with Crippen LogP contribution in [0.4, 0.5) is 0 Å². The third-order valence-electron chi connectivity index (χ3n) is 4.92. The van der Waals surface area contributed by atoms with Crippen LogP contribution < -0.4 is 5.32 Å². The van der Waals surface area contributed by atoms with Crippen LogP contribution in [-0.4, -0.2) is 55.8 Å². The number of hydrogen-bond acceptors (Lipinski definition) is 3. The Labute approximate surface area is 130 Å². The summed E-state index contributed by atoms with van der Waals surface area (Å²) in [5, 5.41) is 3.39. The lowest BCUT2D eigenvalue weighted by molar-refractivity contribution is 0.220. The van der Waals surface area contributed by atoms with E-state index in [1.807, 2.05) is 6.92 Å². The van der Waals surface area contributed by atoms with Crippen molar-refractivity contribution < 1.29 is 8.42 Å². The minimum absolute atomic E-state index is 0.115. The molecule has 0 aromatic heterocycles. The van der Waals surface area contributed by atoms with Crippen LogP contribution in [0.1, 0.15) is 52.4 Å². The average Bonchev–Trinajstić information content (AvgIpc) is 3.31. The summed E-state index contributed by atoms with van der Waals surface area (Å²) in [4.78, 5) is 0. The molecule has 0 spiro atoms. The minimum Gasteiger partial charge on any atom is -0.315 e. The lowest BCUT2D eigenvalue weighted by Crippen LogP contribution is -2.54. The molecule has 2 fully saturated rings. The predicted octanol–water partition coefficient (Wildman–Crippen LogP) is 1.82. The molecule has 0 radical (unpaired) electrons. The molecule has 1 N–H and O–H groups in total. The van der Waals surface area contributed by atoms with Gasteiger partial charge in [0.1, 0.15) is 0 Å². The molecule has 2 atom stereocenters. The Morgan fingerprint density at radius 2 is 2.00 bits per heavy atom. The first kappa shape index (κ1) is 17.2. The normalized spacial score (nSPS) is 26.2. The van der Waals surface area contributed by atoms with Crippen LogP contribution in [0.25, 0.3) is 0 Å². The van der Waals surface area contributed by atoms with Crippen LogP contribution in [0.3, 0.4) is 0 Å². The quantitative estimate of drug-likeness (QED) is 0.695. The van der Waals surface area contributed by atoms with Gasteiger partial charge in [0.2, 0.25) is 0 Å². The minimum atomic E-state index is -3.33. The van der Waals surface area contributed by atoms with E-state index >= 15 is 0 Å². The molecule has 0 aromatic rings. The summed E-state index contributed by atoms with van der Waals surface area (Å²) in [6.45, 7) is 6.58. The van der Waals surface area contributed by atoms with Crippen molar-refractivity contribution in [3.05, 3.63) is 0 Å². The van der Waals surface area contributed by atoms with E-state index in [0.717, 1.165) is 38.8 Å². The Balaban J connectivity index is 2.03. The Morgan fingerprint density at radius 1 is 1.29 bits per heavy atom.